The molecule has 4 nitrogen and oxygen atoms in total. The summed E-state index contributed by atoms with van der Waals surface area (Å²) in [7, 11) is 0. The van der Waals surface area contributed by atoms with E-state index in [4.69, 9.17) is 4.74 Å². The highest BCUT2D eigenvalue weighted by Gasteiger charge is 2.33. The Morgan fingerprint density at radius 2 is 2.33 bits per heavy atom. The van der Waals surface area contributed by atoms with E-state index in [1.165, 1.54) is 11.3 Å². The van der Waals surface area contributed by atoms with Gasteiger partial charge >= 0.3 is 5.97 Å². The van der Waals surface area contributed by atoms with Crippen molar-refractivity contribution in [1.29, 1.82) is 0 Å². The maximum Gasteiger partial charge on any atom is 0.328 e. The van der Waals surface area contributed by atoms with Gasteiger partial charge in [0.25, 0.3) is 5.91 Å². The van der Waals surface area contributed by atoms with E-state index in [2.05, 4.69) is 0 Å². The predicted molar refractivity (Wildman–Crippen MR) is 69.6 cm³/mol. The maximum absolute atomic E-state index is 12.3. The summed E-state index contributed by atoms with van der Waals surface area (Å²) in [4.78, 5) is 25.8. The average Bonchev–Trinajstić information content (AvgIpc) is 2.92. The van der Waals surface area contributed by atoms with Gasteiger partial charge in [0.1, 0.15) is 6.04 Å². The molecule has 1 unspecified atom stereocenters. The molecule has 0 radical (unpaired) electrons. The molecule has 1 atom stereocenters. The summed E-state index contributed by atoms with van der Waals surface area (Å²) < 4.78 is 5.05. The van der Waals surface area contributed by atoms with E-state index >= 15 is 0 Å². The number of amides is 1. The number of nitrogens with zero attached hydrogens (tertiary/aromatic N) is 1. The lowest BCUT2D eigenvalue weighted by atomic mass is 10.0. The van der Waals surface area contributed by atoms with Crippen LogP contribution in [0.15, 0.2) is 16.8 Å². The van der Waals surface area contributed by atoms with Crippen molar-refractivity contribution < 1.29 is 14.3 Å². The fraction of sp³-hybridized carbons (Fsp3) is 0.538. The number of hydrogen-bond donors (Lipinski definition) is 0. The number of rotatable bonds is 3. The first-order valence-electron chi connectivity index (χ1n) is 6.24. The van der Waals surface area contributed by atoms with Crippen LogP contribution in [0, 0.1) is 0 Å². The molecule has 0 aromatic carbocycles. The van der Waals surface area contributed by atoms with E-state index < -0.39 is 6.04 Å². The van der Waals surface area contributed by atoms with E-state index in [0.29, 0.717) is 25.1 Å². The Morgan fingerprint density at radius 3 is 3.00 bits per heavy atom. The first-order valence-corrected chi connectivity index (χ1v) is 7.18. The molecule has 2 heterocycles. The van der Waals surface area contributed by atoms with Gasteiger partial charge in [0.05, 0.1) is 12.2 Å². The van der Waals surface area contributed by atoms with Crippen LogP contribution in [0.5, 0.6) is 0 Å². The number of carbonyl (C=O) groups is 2. The van der Waals surface area contributed by atoms with Crippen LogP contribution < -0.4 is 0 Å². The number of carbonyl (C=O) groups excluding carboxylic acids is 2. The average molecular weight is 267 g/mol. The van der Waals surface area contributed by atoms with Gasteiger partial charge in [-0.2, -0.15) is 11.3 Å². The van der Waals surface area contributed by atoms with Gasteiger partial charge in [0.2, 0.25) is 0 Å². The Hall–Kier alpha value is -1.36. The Kier molecular flexibility index (Phi) is 4.36. The second-order valence-corrected chi connectivity index (χ2v) is 5.05. The number of likely N-dealkylation sites (tertiary alicyclic amines) is 1. The fourth-order valence-corrected chi connectivity index (χ4v) is 2.84. The molecular weight excluding hydrogens is 250 g/mol. The Balaban J connectivity index is 2.12. The molecule has 1 aliphatic heterocycles. The molecule has 1 amide bonds. The van der Waals surface area contributed by atoms with Crippen molar-refractivity contribution in [3.05, 3.63) is 22.4 Å². The third kappa shape index (κ3) is 2.72. The summed E-state index contributed by atoms with van der Waals surface area (Å²) in [5, 5.41) is 3.69. The molecule has 98 valence electrons. The van der Waals surface area contributed by atoms with E-state index in [9.17, 15) is 9.59 Å². The van der Waals surface area contributed by atoms with Gasteiger partial charge in [-0.3, -0.25) is 4.79 Å². The molecule has 1 saturated heterocycles. The van der Waals surface area contributed by atoms with Gasteiger partial charge in [0, 0.05) is 11.9 Å². The molecule has 0 N–H and O–H groups in total. The predicted octanol–water partition coefficient (Wildman–Crippen LogP) is 2.31. The molecule has 1 aliphatic rings. The third-order valence-corrected chi connectivity index (χ3v) is 3.77. The van der Waals surface area contributed by atoms with Crippen molar-refractivity contribution in [2.75, 3.05) is 13.2 Å². The first kappa shape index (κ1) is 13.1. The summed E-state index contributed by atoms with van der Waals surface area (Å²) >= 11 is 1.49. The first-order chi connectivity index (χ1) is 8.74. The van der Waals surface area contributed by atoms with Gasteiger partial charge in [-0.15, -0.1) is 0 Å². The number of thiophene rings is 1. The zero-order valence-electron chi connectivity index (χ0n) is 10.4. The number of esters is 1. The van der Waals surface area contributed by atoms with Gasteiger partial charge in [-0.25, -0.2) is 4.79 Å². The van der Waals surface area contributed by atoms with Crippen molar-refractivity contribution >= 4 is 23.2 Å². The SMILES string of the molecule is CCOC(=O)C1CCCCN1C(=O)c1ccsc1. The van der Waals surface area contributed by atoms with Gasteiger partial charge in [-0.05, 0) is 37.6 Å². The fourth-order valence-electron chi connectivity index (χ4n) is 2.21. The second-order valence-electron chi connectivity index (χ2n) is 4.27. The van der Waals surface area contributed by atoms with E-state index in [1.54, 1.807) is 17.9 Å². The summed E-state index contributed by atoms with van der Waals surface area (Å²) in [6.45, 7) is 2.78. The largest absolute Gasteiger partial charge is 0.464 e. The number of hydrogen-bond acceptors (Lipinski definition) is 4. The van der Waals surface area contributed by atoms with Crippen LogP contribution in [0.2, 0.25) is 0 Å². The molecule has 1 fully saturated rings. The topological polar surface area (TPSA) is 46.6 Å². The summed E-state index contributed by atoms with van der Waals surface area (Å²) in [5.74, 6) is -0.338. The van der Waals surface area contributed by atoms with Crippen LogP contribution in [-0.4, -0.2) is 36.0 Å². The highest BCUT2D eigenvalue weighted by Crippen LogP contribution is 2.21. The lowest BCUT2D eigenvalue weighted by molar-refractivity contribution is -0.149. The van der Waals surface area contributed by atoms with Gasteiger partial charge < -0.3 is 9.64 Å². The van der Waals surface area contributed by atoms with E-state index in [-0.39, 0.29) is 11.9 Å². The molecule has 1 aromatic rings. The molecule has 0 saturated carbocycles. The molecule has 0 aliphatic carbocycles. The van der Waals surface area contributed by atoms with Crippen LogP contribution in [0.25, 0.3) is 0 Å². The smallest absolute Gasteiger partial charge is 0.328 e. The standard InChI is InChI=1S/C13H17NO3S/c1-2-17-13(16)11-5-3-4-7-14(11)12(15)10-6-8-18-9-10/h6,8-9,11H,2-5,7H2,1H3. The molecule has 1 aromatic heterocycles. The molecule has 0 spiro atoms. The minimum absolute atomic E-state index is 0.0611. The third-order valence-electron chi connectivity index (χ3n) is 3.09. The lowest BCUT2D eigenvalue weighted by Crippen LogP contribution is -2.48. The van der Waals surface area contributed by atoms with Crippen molar-refractivity contribution in [2.24, 2.45) is 0 Å². The maximum atomic E-state index is 12.3. The molecule has 2 rings (SSSR count). The van der Waals surface area contributed by atoms with Gasteiger partial charge in [-0.1, -0.05) is 0 Å². The van der Waals surface area contributed by atoms with Crippen LogP contribution in [0.3, 0.4) is 0 Å². The molecule has 18 heavy (non-hydrogen) atoms. The normalized spacial score (nSPS) is 19.6. The van der Waals surface area contributed by atoms with Crippen molar-refractivity contribution in [1.82, 2.24) is 4.90 Å². The molecule has 5 heteroatoms. The minimum Gasteiger partial charge on any atom is -0.464 e. The highest BCUT2D eigenvalue weighted by molar-refractivity contribution is 7.08. The van der Waals surface area contributed by atoms with E-state index in [0.717, 1.165) is 12.8 Å². The molecular formula is C13H17NO3S. The second kappa shape index (κ2) is 6.00. The highest BCUT2D eigenvalue weighted by atomic mass is 32.1. The van der Waals surface area contributed by atoms with Crippen molar-refractivity contribution in [3.8, 4) is 0 Å². The van der Waals surface area contributed by atoms with Crippen LogP contribution in [0.4, 0.5) is 0 Å². The van der Waals surface area contributed by atoms with Crippen molar-refractivity contribution in [3.63, 3.8) is 0 Å². The van der Waals surface area contributed by atoms with Crippen molar-refractivity contribution in [2.45, 2.75) is 32.2 Å². The zero-order chi connectivity index (χ0) is 13.0. The summed E-state index contributed by atoms with van der Waals surface area (Å²) in [5.41, 5.74) is 0.663. The summed E-state index contributed by atoms with van der Waals surface area (Å²) in [6, 6.07) is 1.38. The quantitative estimate of drug-likeness (QED) is 0.789. The Labute approximate surface area is 111 Å². The van der Waals surface area contributed by atoms with Crippen LogP contribution in [-0.2, 0) is 9.53 Å². The number of ether oxygens (including phenoxy) is 1. The Bertz CT molecular complexity index is 416. The zero-order valence-corrected chi connectivity index (χ0v) is 11.2. The molecule has 0 bridgehead atoms. The lowest BCUT2D eigenvalue weighted by Gasteiger charge is -2.33. The minimum atomic E-state index is -0.411. The monoisotopic (exact) mass is 267 g/mol. The van der Waals surface area contributed by atoms with Gasteiger partial charge in [0.15, 0.2) is 0 Å². The summed E-state index contributed by atoms with van der Waals surface area (Å²) in [6.07, 6.45) is 2.62. The van der Waals surface area contributed by atoms with Crippen LogP contribution >= 0.6 is 11.3 Å². The van der Waals surface area contributed by atoms with E-state index in [1.807, 2.05) is 10.8 Å². The Morgan fingerprint density at radius 1 is 1.50 bits per heavy atom. The number of piperidine rings is 1. The van der Waals surface area contributed by atoms with Crippen LogP contribution in [0.1, 0.15) is 36.5 Å².